The Labute approximate surface area is 121 Å². The molecule has 1 aliphatic heterocycles. The second-order valence-electron chi connectivity index (χ2n) is 5.07. The van der Waals surface area contributed by atoms with Crippen LogP contribution in [0.4, 0.5) is 0 Å². The predicted octanol–water partition coefficient (Wildman–Crippen LogP) is 1.33. The molecule has 0 spiro atoms. The number of piperazine rings is 1. The summed E-state index contributed by atoms with van der Waals surface area (Å²) in [5, 5.41) is 0. The Kier molecular flexibility index (Phi) is 4.67. The highest BCUT2D eigenvalue weighted by Crippen LogP contribution is 2.24. The second kappa shape index (κ2) is 6.11. The van der Waals surface area contributed by atoms with Crippen LogP contribution in [0.5, 0.6) is 5.75 Å². The van der Waals surface area contributed by atoms with E-state index in [1.165, 1.54) is 0 Å². The van der Waals surface area contributed by atoms with Gasteiger partial charge in [-0.1, -0.05) is 0 Å². The van der Waals surface area contributed by atoms with Crippen LogP contribution in [0.1, 0.15) is 12.5 Å². The molecule has 0 amide bonds. The number of rotatable bonds is 4. The van der Waals surface area contributed by atoms with Crippen LogP contribution in [0.2, 0.25) is 0 Å². The van der Waals surface area contributed by atoms with Crippen molar-refractivity contribution in [2.75, 3.05) is 39.8 Å². The topological polar surface area (TPSA) is 49.9 Å². The molecule has 6 heteroatoms. The van der Waals surface area contributed by atoms with Crippen molar-refractivity contribution in [1.82, 2.24) is 9.21 Å². The average Bonchev–Trinajstić information content (AvgIpc) is 2.41. The number of ether oxygens (including phenoxy) is 1. The minimum Gasteiger partial charge on any atom is -0.494 e. The molecule has 20 heavy (non-hydrogen) atoms. The van der Waals surface area contributed by atoms with E-state index in [9.17, 15) is 8.42 Å². The SMILES string of the molecule is CCOc1ccc(S(=O)(=O)N2CCN(C)CC2)cc1C. The lowest BCUT2D eigenvalue weighted by Crippen LogP contribution is -2.47. The number of benzene rings is 1. The van der Waals surface area contributed by atoms with E-state index < -0.39 is 10.0 Å². The third-order valence-electron chi connectivity index (χ3n) is 3.55. The van der Waals surface area contributed by atoms with Crippen molar-refractivity contribution < 1.29 is 13.2 Å². The van der Waals surface area contributed by atoms with Crippen molar-refractivity contribution in [2.45, 2.75) is 18.7 Å². The molecule has 0 atom stereocenters. The third-order valence-corrected chi connectivity index (χ3v) is 5.44. The van der Waals surface area contributed by atoms with Gasteiger partial charge in [-0.05, 0) is 44.7 Å². The van der Waals surface area contributed by atoms with Gasteiger partial charge in [-0.2, -0.15) is 4.31 Å². The molecular weight excluding hydrogens is 276 g/mol. The van der Waals surface area contributed by atoms with Crippen molar-refractivity contribution in [2.24, 2.45) is 0 Å². The fourth-order valence-electron chi connectivity index (χ4n) is 2.28. The largest absolute Gasteiger partial charge is 0.494 e. The molecule has 1 heterocycles. The van der Waals surface area contributed by atoms with Crippen molar-refractivity contribution in [1.29, 1.82) is 0 Å². The van der Waals surface area contributed by atoms with E-state index in [0.717, 1.165) is 24.4 Å². The number of sulfonamides is 1. The number of hydrogen-bond acceptors (Lipinski definition) is 4. The van der Waals surface area contributed by atoms with Gasteiger partial charge >= 0.3 is 0 Å². The summed E-state index contributed by atoms with van der Waals surface area (Å²) in [7, 11) is -1.38. The molecule has 0 bridgehead atoms. The molecule has 1 aromatic carbocycles. The normalized spacial score (nSPS) is 18.1. The van der Waals surface area contributed by atoms with Crippen molar-refractivity contribution in [3.63, 3.8) is 0 Å². The Bertz CT molecular complexity index is 564. The van der Waals surface area contributed by atoms with E-state index in [1.807, 2.05) is 20.9 Å². The highest BCUT2D eigenvalue weighted by Gasteiger charge is 2.27. The van der Waals surface area contributed by atoms with E-state index in [4.69, 9.17) is 4.74 Å². The first-order valence-electron chi connectivity index (χ1n) is 6.87. The van der Waals surface area contributed by atoms with Crippen LogP contribution in [0.25, 0.3) is 0 Å². The maximum Gasteiger partial charge on any atom is 0.243 e. The van der Waals surface area contributed by atoms with Crippen LogP contribution in [0.15, 0.2) is 23.1 Å². The van der Waals surface area contributed by atoms with Gasteiger partial charge in [0.2, 0.25) is 10.0 Å². The molecular formula is C14H22N2O3S. The maximum atomic E-state index is 12.6. The number of hydrogen-bond donors (Lipinski definition) is 0. The van der Waals surface area contributed by atoms with Crippen LogP contribution in [-0.4, -0.2) is 57.5 Å². The number of nitrogens with zero attached hydrogens (tertiary/aromatic N) is 2. The van der Waals surface area contributed by atoms with Crippen LogP contribution < -0.4 is 4.74 Å². The molecule has 112 valence electrons. The molecule has 1 aliphatic rings. The lowest BCUT2D eigenvalue weighted by atomic mass is 10.2. The van der Waals surface area contributed by atoms with Gasteiger partial charge < -0.3 is 9.64 Å². The Morgan fingerprint density at radius 3 is 2.40 bits per heavy atom. The summed E-state index contributed by atoms with van der Waals surface area (Å²) >= 11 is 0. The Balaban J connectivity index is 2.23. The maximum absolute atomic E-state index is 12.6. The fourth-order valence-corrected chi connectivity index (χ4v) is 3.79. The summed E-state index contributed by atoms with van der Waals surface area (Å²) in [6, 6.07) is 5.06. The van der Waals surface area contributed by atoms with Gasteiger partial charge in [0.15, 0.2) is 0 Å². The number of aryl methyl sites for hydroxylation is 1. The summed E-state index contributed by atoms with van der Waals surface area (Å²) in [5.74, 6) is 0.741. The molecule has 5 nitrogen and oxygen atoms in total. The van der Waals surface area contributed by atoms with Gasteiger partial charge in [-0.3, -0.25) is 0 Å². The first-order valence-corrected chi connectivity index (χ1v) is 8.31. The standard InChI is InChI=1S/C14H22N2O3S/c1-4-19-14-6-5-13(11-12(14)2)20(17,18)16-9-7-15(3)8-10-16/h5-6,11H,4,7-10H2,1-3H3. The minimum atomic E-state index is -3.39. The summed E-state index contributed by atoms with van der Waals surface area (Å²) < 4.78 is 32.2. The third kappa shape index (κ3) is 3.13. The zero-order chi connectivity index (χ0) is 14.8. The first kappa shape index (κ1) is 15.3. The van der Waals surface area contributed by atoms with Crippen molar-refractivity contribution in [3.8, 4) is 5.75 Å². The highest BCUT2D eigenvalue weighted by atomic mass is 32.2. The van der Waals surface area contributed by atoms with Crippen molar-refractivity contribution >= 4 is 10.0 Å². The molecule has 0 N–H and O–H groups in total. The second-order valence-corrected chi connectivity index (χ2v) is 7.01. The van der Waals surface area contributed by atoms with Crippen molar-refractivity contribution in [3.05, 3.63) is 23.8 Å². The quantitative estimate of drug-likeness (QED) is 0.841. The van der Waals surface area contributed by atoms with E-state index in [0.29, 0.717) is 24.6 Å². The zero-order valence-corrected chi connectivity index (χ0v) is 13.1. The van der Waals surface area contributed by atoms with Gasteiger partial charge in [-0.15, -0.1) is 0 Å². The lowest BCUT2D eigenvalue weighted by molar-refractivity contribution is 0.222. The van der Waals surface area contributed by atoms with Crippen LogP contribution in [0.3, 0.4) is 0 Å². The van der Waals surface area contributed by atoms with Crippen LogP contribution in [0, 0.1) is 6.92 Å². The Hall–Kier alpha value is -1.11. The highest BCUT2D eigenvalue weighted by molar-refractivity contribution is 7.89. The minimum absolute atomic E-state index is 0.350. The number of likely N-dealkylation sites (N-methyl/N-ethyl adjacent to an activating group) is 1. The van der Waals surface area contributed by atoms with E-state index >= 15 is 0 Å². The molecule has 1 aromatic rings. The van der Waals surface area contributed by atoms with E-state index in [2.05, 4.69) is 4.90 Å². The molecule has 0 radical (unpaired) electrons. The summed E-state index contributed by atoms with van der Waals surface area (Å²) in [6.45, 7) is 6.99. The Morgan fingerprint density at radius 2 is 1.85 bits per heavy atom. The molecule has 1 saturated heterocycles. The zero-order valence-electron chi connectivity index (χ0n) is 12.3. The predicted molar refractivity (Wildman–Crippen MR) is 78.6 cm³/mol. The van der Waals surface area contributed by atoms with Gasteiger partial charge in [0.05, 0.1) is 11.5 Å². The monoisotopic (exact) mass is 298 g/mol. The van der Waals surface area contributed by atoms with Gasteiger partial charge in [0.25, 0.3) is 0 Å². The molecule has 0 unspecified atom stereocenters. The van der Waals surface area contributed by atoms with Crippen LogP contribution in [-0.2, 0) is 10.0 Å². The molecule has 0 aromatic heterocycles. The summed E-state index contributed by atoms with van der Waals surface area (Å²) in [6.07, 6.45) is 0. The summed E-state index contributed by atoms with van der Waals surface area (Å²) in [5.41, 5.74) is 0.849. The van der Waals surface area contributed by atoms with Gasteiger partial charge in [0, 0.05) is 26.2 Å². The molecule has 0 aliphatic carbocycles. The molecule has 2 rings (SSSR count). The lowest BCUT2D eigenvalue weighted by Gasteiger charge is -2.31. The van der Waals surface area contributed by atoms with E-state index in [-0.39, 0.29) is 0 Å². The molecule has 1 fully saturated rings. The van der Waals surface area contributed by atoms with Gasteiger partial charge in [-0.25, -0.2) is 8.42 Å². The summed E-state index contributed by atoms with van der Waals surface area (Å²) in [4.78, 5) is 2.48. The van der Waals surface area contributed by atoms with E-state index in [1.54, 1.807) is 22.5 Å². The fraction of sp³-hybridized carbons (Fsp3) is 0.571. The van der Waals surface area contributed by atoms with Gasteiger partial charge in [0.1, 0.15) is 5.75 Å². The Morgan fingerprint density at radius 1 is 1.20 bits per heavy atom. The smallest absolute Gasteiger partial charge is 0.243 e. The molecule has 0 saturated carbocycles. The first-order chi connectivity index (χ1) is 9.45. The average molecular weight is 298 g/mol. The van der Waals surface area contributed by atoms with Crippen LogP contribution >= 0.6 is 0 Å².